The number of ether oxygens (including phenoxy) is 1. The second-order valence-corrected chi connectivity index (χ2v) is 7.00. The summed E-state index contributed by atoms with van der Waals surface area (Å²) in [4.78, 5) is 13.5. The average Bonchev–Trinajstić information content (AvgIpc) is 2.68. The van der Waals surface area contributed by atoms with Gasteiger partial charge in [-0.25, -0.2) is 4.39 Å². The van der Waals surface area contributed by atoms with E-state index in [9.17, 15) is 27.5 Å². The van der Waals surface area contributed by atoms with Gasteiger partial charge in [-0.3, -0.25) is 9.69 Å². The van der Waals surface area contributed by atoms with E-state index in [4.69, 9.17) is 4.74 Å². The van der Waals surface area contributed by atoms with E-state index in [2.05, 4.69) is 0 Å². The molecule has 0 saturated carbocycles. The van der Waals surface area contributed by atoms with Crippen molar-refractivity contribution in [2.24, 2.45) is 0 Å². The maximum atomic E-state index is 14.4. The Bertz CT molecular complexity index is 867. The summed E-state index contributed by atoms with van der Waals surface area (Å²) in [6.07, 6.45) is -2.57. The van der Waals surface area contributed by atoms with Crippen LogP contribution in [0.2, 0.25) is 0 Å². The van der Waals surface area contributed by atoms with Gasteiger partial charge in [0, 0.05) is 0 Å². The molecule has 1 fully saturated rings. The Morgan fingerprint density at radius 1 is 1.14 bits per heavy atom. The van der Waals surface area contributed by atoms with Crippen LogP contribution in [-0.4, -0.2) is 35.7 Å². The molecule has 1 saturated heterocycles. The highest BCUT2D eigenvalue weighted by Crippen LogP contribution is 2.37. The van der Waals surface area contributed by atoms with Gasteiger partial charge in [0.05, 0.1) is 18.7 Å². The molecule has 0 amide bonds. The number of benzene rings is 2. The lowest BCUT2D eigenvalue weighted by Crippen LogP contribution is -2.46. The summed E-state index contributed by atoms with van der Waals surface area (Å²) in [5.41, 5.74) is 0.126. The molecule has 0 spiro atoms. The minimum absolute atomic E-state index is 0.0355. The van der Waals surface area contributed by atoms with Crippen molar-refractivity contribution in [2.45, 2.75) is 37.5 Å². The third-order valence-electron chi connectivity index (χ3n) is 5.21. The van der Waals surface area contributed by atoms with E-state index in [1.54, 1.807) is 11.0 Å². The molecule has 156 valence electrons. The van der Waals surface area contributed by atoms with Gasteiger partial charge in [0.15, 0.2) is 11.6 Å². The van der Waals surface area contributed by atoms with Crippen LogP contribution in [0, 0.1) is 5.82 Å². The Morgan fingerprint density at radius 3 is 2.34 bits per heavy atom. The summed E-state index contributed by atoms with van der Waals surface area (Å²) in [7, 11) is 1.33. The van der Waals surface area contributed by atoms with Crippen molar-refractivity contribution >= 4 is 5.97 Å². The third kappa shape index (κ3) is 4.53. The summed E-state index contributed by atoms with van der Waals surface area (Å²) in [5.74, 6) is -1.59. The predicted molar refractivity (Wildman–Crippen MR) is 98.2 cm³/mol. The zero-order chi connectivity index (χ0) is 21.2. The van der Waals surface area contributed by atoms with E-state index in [1.807, 2.05) is 0 Å². The van der Waals surface area contributed by atoms with Crippen molar-refractivity contribution in [3.8, 4) is 5.75 Å². The van der Waals surface area contributed by atoms with Crippen LogP contribution in [-0.2, 0) is 11.0 Å². The monoisotopic (exact) mass is 411 g/mol. The van der Waals surface area contributed by atoms with Crippen molar-refractivity contribution in [3.63, 3.8) is 0 Å². The fourth-order valence-electron chi connectivity index (χ4n) is 3.81. The van der Waals surface area contributed by atoms with Gasteiger partial charge in [-0.1, -0.05) is 24.6 Å². The lowest BCUT2D eigenvalue weighted by atomic mass is 9.91. The van der Waals surface area contributed by atoms with E-state index in [0.29, 0.717) is 24.1 Å². The highest BCUT2D eigenvalue weighted by atomic mass is 19.4. The van der Waals surface area contributed by atoms with Gasteiger partial charge in [-0.05, 0) is 54.8 Å². The number of likely N-dealkylation sites (tertiary alicyclic amines) is 1. The number of hydrogen-bond donors (Lipinski definition) is 1. The number of methoxy groups -OCH3 is 1. The second-order valence-electron chi connectivity index (χ2n) is 7.00. The molecule has 1 N–H and O–H groups in total. The molecule has 1 heterocycles. The van der Waals surface area contributed by atoms with Crippen molar-refractivity contribution in [1.82, 2.24) is 4.90 Å². The van der Waals surface area contributed by atoms with E-state index in [-0.39, 0.29) is 5.75 Å². The van der Waals surface area contributed by atoms with Gasteiger partial charge in [0.1, 0.15) is 6.04 Å². The quantitative estimate of drug-likeness (QED) is 0.713. The van der Waals surface area contributed by atoms with Crippen LogP contribution < -0.4 is 4.74 Å². The Labute approximate surface area is 165 Å². The highest BCUT2D eigenvalue weighted by Gasteiger charge is 2.36. The van der Waals surface area contributed by atoms with Crippen LogP contribution in [0.1, 0.15) is 42.0 Å². The Morgan fingerprint density at radius 2 is 1.79 bits per heavy atom. The van der Waals surface area contributed by atoms with Gasteiger partial charge in [-0.15, -0.1) is 0 Å². The Kier molecular flexibility index (Phi) is 6.12. The molecule has 1 aliphatic rings. The van der Waals surface area contributed by atoms with Crippen molar-refractivity contribution < 1.29 is 32.2 Å². The molecule has 1 aliphatic heterocycles. The molecule has 2 atom stereocenters. The fraction of sp³-hybridized carbons (Fsp3) is 0.381. The molecule has 0 bridgehead atoms. The number of rotatable bonds is 5. The second kappa shape index (κ2) is 8.41. The first-order chi connectivity index (χ1) is 13.7. The zero-order valence-electron chi connectivity index (χ0n) is 15.7. The van der Waals surface area contributed by atoms with Crippen molar-refractivity contribution in [3.05, 3.63) is 65.0 Å². The first kappa shape index (κ1) is 21.1. The van der Waals surface area contributed by atoms with Crippen molar-refractivity contribution in [1.29, 1.82) is 0 Å². The van der Waals surface area contributed by atoms with Gasteiger partial charge >= 0.3 is 12.1 Å². The molecule has 0 aromatic heterocycles. The minimum Gasteiger partial charge on any atom is -0.494 e. The number of piperidine rings is 1. The standard InChI is InChI=1S/C21H21F4NO3/c1-29-18-10-7-14(12-16(18)22)19(26-11-3-2-4-17(26)20(27)28)13-5-8-15(9-6-13)21(23,24)25/h5-10,12,17,19H,2-4,11H2,1H3,(H,27,28). The van der Waals surface area contributed by atoms with Crippen LogP contribution >= 0.6 is 0 Å². The number of alkyl halides is 3. The molecular formula is C21H21F4NO3. The molecule has 2 aromatic carbocycles. The maximum Gasteiger partial charge on any atom is 0.416 e. The number of carboxylic acid groups (broad SMARTS) is 1. The Balaban J connectivity index is 2.08. The van der Waals surface area contributed by atoms with Crippen LogP contribution in [0.3, 0.4) is 0 Å². The molecule has 29 heavy (non-hydrogen) atoms. The number of aliphatic carboxylic acids is 1. The van der Waals surface area contributed by atoms with E-state index < -0.39 is 35.6 Å². The van der Waals surface area contributed by atoms with Gasteiger partial charge < -0.3 is 9.84 Å². The molecular weight excluding hydrogens is 390 g/mol. The zero-order valence-corrected chi connectivity index (χ0v) is 15.7. The lowest BCUT2D eigenvalue weighted by molar-refractivity contribution is -0.145. The van der Waals surface area contributed by atoms with Crippen LogP contribution in [0.25, 0.3) is 0 Å². The summed E-state index contributed by atoms with van der Waals surface area (Å²) < 4.78 is 58.1. The lowest BCUT2D eigenvalue weighted by Gasteiger charge is -2.39. The van der Waals surface area contributed by atoms with E-state index in [1.165, 1.54) is 31.4 Å². The number of nitrogens with zero attached hydrogens (tertiary/aromatic N) is 1. The predicted octanol–water partition coefficient (Wildman–Crippen LogP) is 4.88. The number of halogens is 4. The molecule has 0 aliphatic carbocycles. The van der Waals surface area contributed by atoms with Crippen molar-refractivity contribution in [2.75, 3.05) is 13.7 Å². The molecule has 3 rings (SSSR count). The SMILES string of the molecule is COc1ccc(C(c2ccc(C(F)(F)F)cc2)N2CCCCC2C(=O)O)cc1F. The average molecular weight is 411 g/mol. The molecule has 8 heteroatoms. The maximum absolute atomic E-state index is 14.4. The highest BCUT2D eigenvalue weighted by molar-refractivity contribution is 5.73. The first-order valence-corrected chi connectivity index (χ1v) is 9.21. The minimum atomic E-state index is -4.48. The largest absolute Gasteiger partial charge is 0.494 e. The summed E-state index contributed by atoms with van der Waals surface area (Å²) in [5, 5.41) is 9.65. The van der Waals surface area contributed by atoms with E-state index in [0.717, 1.165) is 25.0 Å². The van der Waals surface area contributed by atoms with Gasteiger partial charge in [-0.2, -0.15) is 13.2 Å². The summed E-state index contributed by atoms with van der Waals surface area (Å²) >= 11 is 0. The molecule has 2 aromatic rings. The van der Waals surface area contributed by atoms with Crippen LogP contribution in [0.5, 0.6) is 5.75 Å². The van der Waals surface area contributed by atoms with E-state index >= 15 is 0 Å². The van der Waals surface area contributed by atoms with Crippen LogP contribution in [0.15, 0.2) is 42.5 Å². The normalized spacial score (nSPS) is 19.0. The molecule has 4 nitrogen and oxygen atoms in total. The summed E-state index contributed by atoms with van der Waals surface area (Å²) in [6.45, 7) is 0.441. The number of hydrogen-bond acceptors (Lipinski definition) is 3. The number of carbonyl (C=O) groups is 1. The number of carboxylic acids is 1. The van der Waals surface area contributed by atoms with Gasteiger partial charge in [0.2, 0.25) is 0 Å². The topological polar surface area (TPSA) is 49.8 Å². The summed E-state index contributed by atoms with van der Waals surface area (Å²) in [6, 6.07) is 7.35. The first-order valence-electron chi connectivity index (χ1n) is 9.21. The van der Waals surface area contributed by atoms with Crippen LogP contribution in [0.4, 0.5) is 17.6 Å². The Hall–Kier alpha value is -2.61. The molecule has 0 radical (unpaired) electrons. The van der Waals surface area contributed by atoms with Gasteiger partial charge in [0.25, 0.3) is 0 Å². The molecule has 2 unspecified atom stereocenters. The fourth-order valence-corrected chi connectivity index (χ4v) is 3.81. The third-order valence-corrected chi connectivity index (χ3v) is 5.21. The smallest absolute Gasteiger partial charge is 0.416 e.